The molecule has 0 saturated carbocycles. The van der Waals surface area contributed by atoms with Crippen molar-refractivity contribution in [2.45, 2.75) is 52.2 Å². The van der Waals surface area contributed by atoms with Gasteiger partial charge in [0.05, 0.1) is 18.9 Å². The number of nitrogens with zero attached hydrogens (tertiary/aromatic N) is 1. The maximum atomic E-state index is 13.1. The molecule has 0 aliphatic carbocycles. The zero-order valence-electron chi connectivity index (χ0n) is 13.8. The Balaban J connectivity index is 2.06. The molecule has 1 aromatic carbocycles. The molecule has 3 rings (SSSR count). The zero-order valence-corrected chi connectivity index (χ0v) is 13.8. The van der Waals surface area contributed by atoms with E-state index in [0.717, 1.165) is 54.6 Å². The number of anilines is 1. The molecule has 1 fully saturated rings. The van der Waals surface area contributed by atoms with Crippen LogP contribution in [0.3, 0.4) is 0 Å². The van der Waals surface area contributed by atoms with Gasteiger partial charge in [-0.25, -0.2) is 0 Å². The van der Waals surface area contributed by atoms with Crippen molar-refractivity contribution in [1.82, 2.24) is 0 Å². The summed E-state index contributed by atoms with van der Waals surface area (Å²) in [5.41, 5.74) is 4.10. The molecule has 2 aliphatic rings. The largest absolute Gasteiger partial charge is 0.338 e. The number of rotatable bonds is 4. The molecule has 0 unspecified atom stereocenters. The first-order valence-electron chi connectivity index (χ1n) is 8.32. The van der Waals surface area contributed by atoms with Crippen molar-refractivity contribution >= 4 is 11.6 Å². The second-order valence-corrected chi connectivity index (χ2v) is 6.25. The molecule has 1 amide bonds. The number of carbonyl (C=O) groups is 1. The molecule has 120 valence electrons. The fourth-order valence-corrected chi connectivity index (χ4v) is 3.48. The number of carbonyl (C=O) groups excluding carboxylic acids is 1. The van der Waals surface area contributed by atoms with Crippen molar-refractivity contribution in [2.75, 3.05) is 24.7 Å². The number of amides is 1. The van der Waals surface area contributed by atoms with Gasteiger partial charge in [0.15, 0.2) is 0 Å². The number of aryl methyl sites for hydroxylation is 2. The Morgan fingerprint density at radius 3 is 2.50 bits per heavy atom. The van der Waals surface area contributed by atoms with Crippen LogP contribution in [0.1, 0.15) is 49.3 Å². The van der Waals surface area contributed by atoms with E-state index in [0.29, 0.717) is 13.2 Å². The first-order valence-corrected chi connectivity index (χ1v) is 8.32. The summed E-state index contributed by atoms with van der Waals surface area (Å²) in [4.78, 5) is 15.0. The van der Waals surface area contributed by atoms with Gasteiger partial charge in [0.25, 0.3) is 11.7 Å². The van der Waals surface area contributed by atoms with E-state index in [4.69, 9.17) is 9.47 Å². The standard InChI is InChI=1S/C18H25NO3/c1-4-5-6-10-19-16-14(3)9-8-13(2)15(16)18(17(19)20)21-11-7-12-22-18/h8-9H,4-7,10-12H2,1-3H3. The molecule has 4 heteroatoms. The van der Waals surface area contributed by atoms with Gasteiger partial charge in [0.1, 0.15) is 0 Å². The van der Waals surface area contributed by atoms with Crippen LogP contribution in [0.5, 0.6) is 0 Å². The maximum Gasteiger partial charge on any atom is 0.292 e. The molecular weight excluding hydrogens is 278 g/mol. The average molecular weight is 303 g/mol. The fraction of sp³-hybridized carbons (Fsp3) is 0.611. The number of hydrogen-bond acceptors (Lipinski definition) is 3. The first-order chi connectivity index (χ1) is 10.6. The predicted molar refractivity (Wildman–Crippen MR) is 86.0 cm³/mol. The smallest absolute Gasteiger partial charge is 0.292 e. The lowest BCUT2D eigenvalue weighted by molar-refractivity contribution is -0.257. The lowest BCUT2D eigenvalue weighted by Gasteiger charge is -2.33. The summed E-state index contributed by atoms with van der Waals surface area (Å²) < 4.78 is 11.8. The summed E-state index contributed by atoms with van der Waals surface area (Å²) in [6.45, 7) is 8.13. The Morgan fingerprint density at radius 2 is 1.82 bits per heavy atom. The second kappa shape index (κ2) is 6.01. The van der Waals surface area contributed by atoms with Crippen molar-refractivity contribution in [3.63, 3.8) is 0 Å². The zero-order chi connectivity index (χ0) is 15.7. The highest BCUT2D eigenvalue weighted by Gasteiger charge is 2.55. The van der Waals surface area contributed by atoms with Crippen LogP contribution in [0, 0.1) is 13.8 Å². The minimum absolute atomic E-state index is 0.0456. The summed E-state index contributed by atoms with van der Waals surface area (Å²) in [6.07, 6.45) is 4.11. The molecule has 0 atom stereocenters. The van der Waals surface area contributed by atoms with Gasteiger partial charge in [-0.2, -0.15) is 0 Å². The average Bonchev–Trinajstić information content (AvgIpc) is 2.76. The Bertz CT molecular complexity index is 576. The van der Waals surface area contributed by atoms with Crippen LogP contribution in [0.2, 0.25) is 0 Å². The van der Waals surface area contributed by atoms with E-state index in [-0.39, 0.29) is 5.91 Å². The number of hydrogen-bond donors (Lipinski definition) is 0. The Kier molecular flexibility index (Phi) is 4.24. The SMILES string of the molecule is CCCCCN1C(=O)C2(OCCCO2)c2c(C)ccc(C)c21. The molecule has 1 spiro atoms. The van der Waals surface area contributed by atoms with Crippen LogP contribution < -0.4 is 4.90 Å². The van der Waals surface area contributed by atoms with Gasteiger partial charge in [-0.3, -0.25) is 4.79 Å². The Morgan fingerprint density at radius 1 is 1.14 bits per heavy atom. The summed E-state index contributed by atoms with van der Waals surface area (Å²) >= 11 is 0. The van der Waals surface area contributed by atoms with E-state index in [1.54, 1.807) is 0 Å². The summed E-state index contributed by atoms with van der Waals surface area (Å²) in [5, 5.41) is 0. The van der Waals surface area contributed by atoms with Gasteiger partial charge in [0, 0.05) is 12.1 Å². The molecule has 2 aliphatic heterocycles. The minimum Gasteiger partial charge on any atom is -0.338 e. The van der Waals surface area contributed by atoms with Gasteiger partial charge in [0.2, 0.25) is 0 Å². The van der Waals surface area contributed by atoms with Crippen LogP contribution in [-0.2, 0) is 20.1 Å². The van der Waals surface area contributed by atoms with Crippen molar-refractivity contribution in [1.29, 1.82) is 0 Å². The molecular formula is C18H25NO3. The van der Waals surface area contributed by atoms with Gasteiger partial charge in [-0.05, 0) is 37.8 Å². The number of ether oxygens (including phenoxy) is 2. The highest BCUT2D eigenvalue weighted by atomic mass is 16.7. The molecule has 1 saturated heterocycles. The van der Waals surface area contributed by atoms with Crippen LogP contribution in [0.25, 0.3) is 0 Å². The maximum absolute atomic E-state index is 13.1. The monoisotopic (exact) mass is 303 g/mol. The predicted octanol–water partition coefficient (Wildman–Crippen LogP) is 3.43. The van der Waals surface area contributed by atoms with E-state index < -0.39 is 5.79 Å². The van der Waals surface area contributed by atoms with Crippen LogP contribution >= 0.6 is 0 Å². The fourth-order valence-electron chi connectivity index (χ4n) is 3.48. The van der Waals surface area contributed by atoms with Crippen molar-refractivity contribution in [3.8, 4) is 0 Å². The quantitative estimate of drug-likeness (QED) is 0.800. The lowest BCUT2D eigenvalue weighted by Crippen LogP contribution is -2.47. The molecule has 0 N–H and O–H groups in total. The molecule has 0 radical (unpaired) electrons. The third-order valence-corrected chi connectivity index (χ3v) is 4.60. The summed E-state index contributed by atoms with van der Waals surface area (Å²) in [5.74, 6) is -1.24. The van der Waals surface area contributed by atoms with E-state index in [1.807, 2.05) is 11.8 Å². The molecule has 4 nitrogen and oxygen atoms in total. The lowest BCUT2D eigenvalue weighted by atomic mass is 9.97. The number of unbranched alkanes of at least 4 members (excludes halogenated alkanes) is 2. The van der Waals surface area contributed by atoms with Gasteiger partial charge >= 0.3 is 0 Å². The van der Waals surface area contributed by atoms with Crippen molar-refractivity contribution in [3.05, 3.63) is 28.8 Å². The Hall–Kier alpha value is -1.39. The van der Waals surface area contributed by atoms with Crippen molar-refractivity contribution in [2.24, 2.45) is 0 Å². The van der Waals surface area contributed by atoms with Gasteiger partial charge in [-0.15, -0.1) is 0 Å². The minimum atomic E-state index is -1.20. The molecule has 0 bridgehead atoms. The van der Waals surface area contributed by atoms with E-state index in [2.05, 4.69) is 26.0 Å². The van der Waals surface area contributed by atoms with Crippen LogP contribution in [-0.4, -0.2) is 25.7 Å². The highest BCUT2D eigenvalue weighted by molar-refractivity contribution is 6.07. The number of fused-ring (bicyclic) bond motifs is 2. The van der Waals surface area contributed by atoms with E-state index >= 15 is 0 Å². The number of benzene rings is 1. The van der Waals surface area contributed by atoms with E-state index in [9.17, 15) is 4.79 Å². The molecule has 0 aromatic heterocycles. The molecule has 1 aromatic rings. The molecule has 2 heterocycles. The van der Waals surface area contributed by atoms with Gasteiger partial charge < -0.3 is 14.4 Å². The normalized spacial score (nSPS) is 19.8. The van der Waals surface area contributed by atoms with Crippen LogP contribution in [0.15, 0.2) is 12.1 Å². The third kappa shape index (κ3) is 2.25. The Labute approximate surface area is 132 Å². The van der Waals surface area contributed by atoms with Crippen molar-refractivity contribution < 1.29 is 14.3 Å². The molecule has 22 heavy (non-hydrogen) atoms. The van der Waals surface area contributed by atoms with Gasteiger partial charge in [-0.1, -0.05) is 31.9 Å². The van der Waals surface area contributed by atoms with E-state index in [1.165, 1.54) is 0 Å². The summed E-state index contributed by atoms with van der Waals surface area (Å²) in [7, 11) is 0. The second-order valence-electron chi connectivity index (χ2n) is 6.25. The highest BCUT2D eigenvalue weighted by Crippen LogP contribution is 2.48. The summed E-state index contributed by atoms with van der Waals surface area (Å²) in [6, 6.07) is 4.14. The topological polar surface area (TPSA) is 38.8 Å². The third-order valence-electron chi connectivity index (χ3n) is 4.60. The first kappa shape index (κ1) is 15.5. The van der Waals surface area contributed by atoms with Crippen LogP contribution in [0.4, 0.5) is 5.69 Å².